The van der Waals surface area contributed by atoms with Gasteiger partial charge in [0.2, 0.25) is 5.95 Å². The first kappa shape index (κ1) is 18.5. The number of amides is 1. The molecule has 1 amide bonds. The summed E-state index contributed by atoms with van der Waals surface area (Å²) in [6.45, 7) is 2.84. The Labute approximate surface area is 159 Å². The normalized spacial score (nSPS) is 10.4. The molecule has 3 rings (SSSR count). The zero-order valence-corrected chi connectivity index (χ0v) is 15.6. The Morgan fingerprint density at radius 1 is 1.00 bits per heavy atom. The predicted molar refractivity (Wildman–Crippen MR) is 107 cm³/mol. The third-order valence-corrected chi connectivity index (χ3v) is 4.32. The third kappa shape index (κ3) is 5.10. The quantitative estimate of drug-likeness (QED) is 0.699. The lowest BCUT2D eigenvalue weighted by molar-refractivity contribution is 0.102. The fourth-order valence-electron chi connectivity index (χ4n) is 2.62. The lowest BCUT2D eigenvalue weighted by Crippen LogP contribution is -2.24. The van der Waals surface area contributed by atoms with Gasteiger partial charge in [-0.2, -0.15) is 0 Å². The summed E-state index contributed by atoms with van der Waals surface area (Å²) in [5.41, 5.74) is 3.52. The molecule has 138 valence electrons. The average Bonchev–Trinajstić information content (AvgIpc) is 2.73. The number of carbonyl (C=O) groups is 1. The van der Waals surface area contributed by atoms with Gasteiger partial charge in [0.15, 0.2) is 0 Å². The van der Waals surface area contributed by atoms with Gasteiger partial charge in [0.1, 0.15) is 5.69 Å². The van der Waals surface area contributed by atoms with Crippen LogP contribution in [0.15, 0.2) is 61.1 Å². The third-order valence-electron chi connectivity index (χ3n) is 4.32. The highest BCUT2D eigenvalue weighted by molar-refractivity contribution is 6.02. The summed E-state index contributed by atoms with van der Waals surface area (Å²) in [6.07, 6.45) is 6.99. The number of aryl methyl sites for hydroxylation is 1. The Hall–Kier alpha value is -3.28. The number of aromatic nitrogens is 3. The number of nitrogens with zero attached hydrogens (tertiary/aromatic N) is 4. The molecule has 0 unspecified atom stereocenters. The summed E-state index contributed by atoms with van der Waals surface area (Å²) in [7, 11) is 1.92. The molecule has 0 bridgehead atoms. The molecular formula is C21H23N5O. The van der Waals surface area contributed by atoms with Gasteiger partial charge in [-0.3, -0.25) is 9.78 Å². The van der Waals surface area contributed by atoms with Gasteiger partial charge in [0.05, 0.1) is 0 Å². The van der Waals surface area contributed by atoms with Crippen LogP contribution in [0.3, 0.4) is 0 Å². The van der Waals surface area contributed by atoms with E-state index < -0.39 is 0 Å². The van der Waals surface area contributed by atoms with Crippen molar-refractivity contribution in [2.24, 2.45) is 0 Å². The van der Waals surface area contributed by atoms with Crippen molar-refractivity contribution < 1.29 is 4.79 Å². The molecule has 0 aliphatic rings. The number of likely N-dealkylation sites (N-methyl/N-ethyl adjacent to an activating group) is 1. The molecule has 27 heavy (non-hydrogen) atoms. The van der Waals surface area contributed by atoms with E-state index in [0.717, 1.165) is 25.1 Å². The van der Waals surface area contributed by atoms with E-state index in [2.05, 4.69) is 27.2 Å². The lowest BCUT2D eigenvalue weighted by atomic mass is 10.1. The van der Waals surface area contributed by atoms with Gasteiger partial charge in [-0.25, -0.2) is 9.97 Å². The maximum Gasteiger partial charge on any atom is 0.274 e. The van der Waals surface area contributed by atoms with Crippen molar-refractivity contribution in [2.45, 2.75) is 19.8 Å². The monoisotopic (exact) mass is 361 g/mol. The van der Waals surface area contributed by atoms with Crippen LogP contribution in [-0.2, 0) is 12.8 Å². The van der Waals surface area contributed by atoms with Gasteiger partial charge < -0.3 is 10.2 Å². The molecular weight excluding hydrogens is 338 g/mol. The minimum absolute atomic E-state index is 0.245. The standard InChI is InChI=1S/C21H23N5O/c1-3-16-4-6-18(7-5-16)24-20(27)19-10-14-23-21(25-19)26(2)15-11-17-8-12-22-13-9-17/h4-10,12-14H,3,11,15H2,1-2H3,(H,24,27). The van der Waals surface area contributed by atoms with Gasteiger partial charge >= 0.3 is 0 Å². The van der Waals surface area contributed by atoms with Crippen LogP contribution in [0.5, 0.6) is 0 Å². The Balaban J connectivity index is 1.63. The Morgan fingerprint density at radius 3 is 2.44 bits per heavy atom. The molecule has 0 spiro atoms. The summed E-state index contributed by atoms with van der Waals surface area (Å²) in [4.78, 5) is 27.1. The minimum atomic E-state index is -0.245. The van der Waals surface area contributed by atoms with E-state index in [1.165, 1.54) is 11.1 Å². The second kappa shape index (κ2) is 8.89. The molecule has 0 fully saturated rings. The Bertz CT molecular complexity index is 881. The first-order chi connectivity index (χ1) is 13.2. The Kier molecular flexibility index (Phi) is 6.10. The van der Waals surface area contributed by atoms with Crippen LogP contribution < -0.4 is 10.2 Å². The van der Waals surface area contributed by atoms with Crippen molar-refractivity contribution in [2.75, 3.05) is 23.8 Å². The molecule has 1 aromatic carbocycles. The van der Waals surface area contributed by atoms with Crippen LogP contribution in [0.4, 0.5) is 11.6 Å². The molecule has 1 N–H and O–H groups in total. The smallest absolute Gasteiger partial charge is 0.274 e. The molecule has 3 aromatic rings. The van der Waals surface area contributed by atoms with Crippen molar-refractivity contribution in [1.29, 1.82) is 0 Å². The highest BCUT2D eigenvalue weighted by Gasteiger charge is 2.11. The van der Waals surface area contributed by atoms with Gasteiger partial charge in [-0.15, -0.1) is 0 Å². The fraction of sp³-hybridized carbons (Fsp3) is 0.238. The van der Waals surface area contributed by atoms with E-state index in [-0.39, 0.29) is 5.91 Å². The van der Waals surface area contributed by atoms with Crippen molar-refractivity contribution >= 4 is 17.5 Å². The molecule has 2 heterocycles. The van der Waals surface area contributed by atoms with E-state index in [4.69, 9.17) is 0 Å². The molecule has 6 heteroatoms. The summed E-state index contributed by atoms with van der Waals surface area (Å²) in [5, 5.41) is 2.88. The first-order valence-corrected chi connectivity index (χ1v) is 8.99. The van der Waals surface area contributed by atoms with Crippen LogP contribution in [-0.4, -0.2) is 34.5 Å². The van der Waals surface area contributed by atoms with Gasteiger partial charge in [-0.1, -0.05) is 19.1 Å². The fourth-order valence-corrected chi connectivity index (χ4v) is 2.62. The average molecular weight is 361 g/mol. The molecule has 0 aliphatic carbocycles. The number of rotatable bonds is 7. The van der Waals surface area contributed by atoms with E-state index in [0.29, 0.717) is 11.6 Å². The zero-order chi connectivity index (χ0) is 19.1. The van der Waals surface area contributed by atoms with Crippen molar-refractivity contribution in [3.8, 4) is 0 Å². The molecule has 6 nitrogen and oxygen atoms in total. The number of hydrogen-bond acceptors (Lipinski definition) is 5. The summed E-state index contributed by atoms with van der Waals surface area (Å²) < 4.78 is 0. The second-order valence-corrected chi connectivity index (χ2v) is 6.27. The van der Waals surface area contributed by atoms with E-state index >= 15 is 0 Å². The molecule has 2 aromatic heterocycles. The minimum Gasteiger partial charge on any atom is -0.344 e. The lowest BCUT2D eigenvalue weighted by Gasteiger charge is -2.17. The maximum absolute atomic E-state index is 12.5. The molecule has 0 atom stereocenters. The summed E-state index contributed by atoms with van der Waals surface area (Å²) in [5.74, 6) is 0.281. The van der Waals surface area contributed by atoms with Crippen LogP contribution in [0, 0.1) is 0 Å². The summed E-state index contributed by atoms with van der Waals surface area (Å²) >= 11 is 0. The van der Waals surface area contributed by atoms with E-state index in [1.54, 1.807) is 24.7 Å². The Morgan fingerprint density at radius 2 is 1.74 bits per heavy atom. The largest absolute Gasteiger partial charge is 0.344 e. The van der Waals surface area contributed by atoms with E-state index in [9.17, 15) is 4.79 Å². The molecule has 0 saturated heterocycles. The molecule has 0 saturated carbocycles. The van der Waals surface area contributed by atoms with Gasteiger partial charge in [0, 0.05) is 37.9 Å². The molecule has 0 aliphatic heterocycles. The first-order valence-electron chi connectivity index (χ1n) is 8.99. The number of hydrogen-bond donors (Lipinski definition) is 1. The van der Waals surface area contributed by atoms with Crippen LogP contribution in [0.25, 0.3) is 0 Å². The zero-order valence-electron chi connectivity index (χ0n) is 15.6. The van der Waals surface area contributed by atoms with Gasteiger partial charge in [0.25, 0.3) is 5.91 Å². The maximum atomic E-state index is 12.5. The number of benzene rings is 1. The van der Waals surface area contributed by atoms with Gasteiger partial charge in [-0.05, 0) is 54.3 Å². The van der Waals surface area contributed by atoms with Crippen molar-refractivity contribution in [3.63, 3.8) is 0 Å². The van der Waals surface area contributed by atoms with E-state index in [1.807, 2.05) is 48.3 Å². The predicted octanol–water partition coefficient (Wildman–Crippen LogP) is 3.37. The highest BCUT2D eigenvalue weighted by Crippen LogP contribution is 2.13. The van der Waals surface area contributed by atoms with Crippen LogP contribution in [0.2, 0.25) is 0 Å². The molecule has 0 radical (unpaired) electrons. The number of anilines is 2. The number of carbonyl (C=O) groups excluding carboxylic acids is 1. The van der Waals surface area contributed by atoms with Crippen LogP contribution >= 0.6 is 0 Å². The van der Waals surface area contributed by atoms with Crippen molar-refractivity contribution in [1.82, 2.24) is 15.0 Å². The number of nitrogens with one attached hydrogen (secondary N) is 1. The SMILES string of the molecule is CCc1ccc(NC(=O)c2ccnc(N(C)CCc3ccncc3)n2)cc1. The summed E-state index contributed by atoms with van der Waals surface area (Å²) in [6, 6.07) is 13.4. The number of pyridine rings is 1. The second-order valence-electron chi connectivity index (χ2n) is 6.27. The topological polar surface area (TPSA) is 71.0 Å². The highest BCUT2D eigenvalue weighted by atomic mass is 16.1. The van der Waals surface area contributed by atoms with Crippen LogP contribution in [0.1, 0.15) is 28.5 Å². The van der Waals surface area contributed by atoms with Crippen molar-refractivity contribution in [3.05, 3.63) is 77.9 Å².